The molecule has 0 bridgehead atoms. The summed E-state index contributed by atoms with van der Waals surface area (Å²) in [5, 5.41) is 3.90. The lowest BCUT2D eigenvalue weighted by atomic mass is 10.00. The highest BCUT2D eigenvalue weighted by atomic mass is 19.1. The Balaban J connectivity index is 2.13. The van der Waals surface area contributed by atoms with Gasteiger partial charge in [0.1, 0.15) is 5.82 Å². The van der Waals surface area contributed by atoms with Gasteiger partial charge in [0.2, 0.25) is 0 Å². The van der Waals surface area contributed by atoms with E-state index in [9.17, 15) is 4.39 Å². The highest BCUT2D eigenvalue weighted by molar-refractivity contribution is 5.76. The van der Waals surface area contributed by atoms with Gasteiger partial charge in [-0.3, -0.25) is 0 Å². The molecule has 1 aromatic heterocycles. The first kappa shape index (κ1) is 13.2. The molecule has 0 saturated heterocycles. The number of hydrogen-bond donors (Lipinski definition) is 1. The minimum atomic E-state index is -0.289. The van der Waals surface area contributed by atoms with Gasteiger partial charge in [-0.2, -0.15) is 0 Å². The molecule has 0 atom stereocenters. The van der Waals surface area contributed by atoms with Crippen LogP contribution in [-0.2, 0) is 0 Å². The molecule has 0 radical (unpaired) electrons. The topological polar surface area (TPSA) is 52.0 Å². The highest BCUT2D eigenvalue weighted by Gasteiger charge is 2.67. The fraction of sp³-hybridized carbons (Fsp3) is 0.438. The lowest BCUT2D eigenvalue weighted by molar-refractivity contribution is 0.374. The number of aromatic nitrogens is 1. The molecule has 0 spiro atoms. The van der Waals surface area contributed by atoms with Crippen LogP contribution < -0.4 is 5.73 Å². The number of rotatable bonds is 2. The lowest BCUT2D eigenvalue weighted by Gasteiger charge is -2.04. The largest absolute Gasteiger partial charge is 0.380 e. The normalized spacial score (nSPS) is 20.1. The third kappa shape index (κ3) is 1.60. The molecule has 2 N–H and O–H groups in total. The van der Waals surface area contributed by atoms with E-state index in [1.165, 1.54) is 12.1 Å². The van der Waals surface area contributed by atoms with E-state index in [2.05, 4.69) is 32.9 Å². The van der Waals surface area contributed by atoms with E-state index in [1.807, 2.05) is 6.07 Å². The second-order valence-corrected chi connectivity index (χ2v) is 6.69. The predicted octanol–water partition coefficient (Wildman–Crippen LogP) is 4.21. The molecule has 1 aromatic carbocycles. The zero-order chi connectivity index (χ0) is 14.7. The molecular formula is C16H19FN2O. The molecule has 1 heterocycles. The number of anilines is 1. The van der Waals surface area contributed by atoms with Crippen molar-refractivity contribution >= 4 is 5.82 Å². The van der Waals surface area contributed by atoms with Gasteiger partial charge in [0.15, 0.2) is 11.6 Å². The van der Waals surface area contributed by atoms with Crippen molar-refractivity contribution in [2.24, 2.45) is 10.8 Å². The van der Waals surface area contributed by atoms with Crippen LogP contribution in [0.5, 0.6) is 0 Å². The van der Waals surface area contributed by atoms with Crippen molar-refractivity contribution < 1.29 is 8.91 Å². The lowest BCUT2D eigenvalue weighted by Crippen LogP contribution is -1.95. The molecule has 1 aliphatic carbocycles. The Kier molecular flexibility index (Phi) is 2.53. The number of nitrogens with two attached hydrogens (primary N) is 1. The summed E-state index contributed by atoms with van der Waals surface area (Å²) in [5.41, 5.74) is 7.61. The summed E-state index contributed by atoms with van der Waals surface area (Å²) in [6.07, 6.45) is 0. The quantitative estimate of drug-likeness (QED) is 0.892. The van der Waals surface area contributed by atoms with Crippen LogP contribution in [0.1, 0.15) is 39.4 Å². The van der Waals surface area contributed by atoms with E-state index >= 15 is 0 Å². The maximum absolute atomic E-state index is 13.5. The Hall–Kier alpha value is -1.84. The molecule has 1 aliphatic rings. The molecule has 3 nitrogen and oxygen atoms in total. The predicted molar refractivity (Wildman–Crippen MR) is 76.6 cm³/mol. The van der Waals surface area contributed by atoms with Crippen molar-refractivity contribution in [2.45, 2.75) is 33.6 Å². The van der Waals surface area contributed by atoms with Crippen molar-refractivity contribution in [3.63, 3.8) is 0 Å². The summed E-state index contributed by atoms with van der Waals surface area (Å²) in [4.78, 5) is 0. The van der Waals surface area contributed by atoms with Crippen molar-refractivity contribution in [2.75, 3.05) is 5.73 Å². The minimum absolute atomic E-state index is 0.112. The molecular weight excluding hydrogens is 255 g/mol. The van der Waals surface area contributed by atoms with Crippen molar-refractivity contribution in [3.05, 3.63) is 35.8 Å². The van der Waals surface area contributed by atoms with Crippen LogP contribution in [0.15, 0.2) is 28.8 Å². The van der Waals surface area contributed by atoms with Gasteiger partial charge in [-0.15, -0.1) is 0 Å². The van der Waals surface area contributed by atoms with Gasteiger partial charge in [0, 0.05) is 5.92 Å². The third-order valence-corrected chi connectivity index (χ3v) is 5.14. The molecule has 0 aliphatic heterocycles. The third-order valence-electron chi connectivity index (χ3n) is 5.14. The van der Waals surface area contributed by atoms with E-state index < -0.39 is 0 Å². The standard InChI is InChI=1S/C16H19FN2O/c1-15(2)13(16(15,3)4)12-11(14(18)19-20-12)9-6-5-7-10(17)8-9/h5-8,13H,1-4H3,(H2,18,19). The molecule has 2 aromatic rings. The van der Waals surface area contributed by atoms with Crippen LogP contribution in [0.4, 0.5) is 10.2 Å². The van der Waals surface area contributed by atoms with Gasteiger partial charge in [-0.05, 0) is 28.5 Å². The smallest absolute Gasteiger partial charge is 0.175 e. The zero-order valence-electron chi connectivity index (χ0n) is 12.2. The minimum Gasteiger partial charge on any atom is -0.380 e. The number of hydrogen-bond acceptors (Lipinski definition) is 3. The maximum atomic E-state index is 13.5. The summed E-state index contributed by atoms with van der Waals surface area (Å²) >= 11 is 0. The van der Waals surface area contributed by atoms with Gasteiger partial charge >= 0.3 is 0 Å². The van der Waals surface area contributed by atoms with E-state index in [0.717, 1.165) is 16.9 Å². The van der Waals surface area contributed by atoms with Gasteiger partial charge in [0.05, 0.1) is 5.56 Å². The van der Waals surface area contributed by atoms with Gasteiger partial charge in [-0.1, -0.05) is 45.0 Å². The number of nitrogens with zero attached hydrogens (tertiary/aromatic N) is 1. The van der Waals surface area contributed by atoms with Crippen molar-refractivity contribution in [1.29, 1.82) is 0 Å². The second kappa shape index (κ2) is 3.84. The fourth-order valence-electron chi connectivity index (χ4n) is 3.30. The zero-order valence-corrected chi connectivity index (χ0v) is 12.2. The van der Waals surface area contributed by atoms with Crippen LogP contribution in [-0.4, -0.2) is 5.16 Å². The van der Waals surface area contributed by atoms with Crippen LogP contribution in [0.25, 0.3) is 11.1 Å². The summed E-state index contributed by atoms with van der Waals surface area (Å²) in [6.45, 7) is 8.80. The van der Waals surface area contributed by atoms with E-state index in [4.69, 9.17) is 10.3 Å². The first-order valence-electron chi connectivity index (χ1n) is 6.78. The van der Waals surface area contributed by atoms with Gasteiger partial charge in [0.25, 0.3) is 0 Å². The number of nitrogen functional groups attached to an aromatic ring is 1. The van der Waals surface area contributed by atoms with Gasteiger partial charge in [-0.25, -0.2) is 4.39 Å². The average molecular weight is 274 g/mol. The fourth-order valence-corrected chi connectivity index (χ4v) is 3.30. The van der Waals surface area contributed by atoms with Crippen molar-refractivity contribution in [1.82, 2.24) is 5.16 Å². The Morgan fingerprint density at radius 2 is 1.85 bits per heavy atom. The summed E-state index contributed by atoms with van der Waals surface area (Å²) in [6, 6.07) is 6.38. The molecule has 0 unspecified atom stereocenters. The van der Waals surface area contributed by atoms with E-state index in [1.54, 1.807) is 6.07 Å². The van der Waals surface area contributed by atoms with Crippen LogP contribution >= 0.6 is 0 Å². The molecule has 3 rings (SSSR count). The van der Waals surface area contributed by atoms with E-state index in [0.29, 0.717) is 5.82 Å². The molecule has 1 saturated carbocycles. The summed E-state index contributed by atoms with van der Waals surface area (Å²) in [7, 11) is 0. The van der Waals surface area contributed by atoms with Crippen LogP contribution in [0.2, 0.25) is 0 Å². The van der Waals surface area contributed by atoms with E-state index in [-0.39, 0.29) is 22.6 Å². The maximum Gasteiger partial charge on any atom is 0.175 e. The Labute approximate surface area is 118 Å². The summed E-state index contributed by atoms with van der Waals surface area (Å²) in [5.74, 6) is 1.04. The molecule has 1 fully saturated rings. The molecule has 20 heavy (non-hydrogen) atoms. The van der Waals surface area contributed by atoms with Gasteiger partial charge < -0.3 is 10.3 Å². The Morgan fingerprint density at radius 1 is 1.20 bits per heavy atom. The number of halogens is 1. The second-order valence-electron chi connectivity index (χ2n) is 6.69. The monoisotopic (exact) mass is 274 g/mol. The van der Waals surface area contributed by atoms with Crippen LogP contribution in [0, 0.1) is 16.6 Å². The highest BCUT2D eigenvalue weighted by Crippen LogP contribution is 2.74. The van der Waals surface area contributed by atoms with Crippen molar-refractivity contribution in [3.8, 4) is 11.1 Å². The first-order chi connectivity index (χ1) is 9.26. The SMILES string of the molecule is CC1(C)C(c2onc(N)c2-c2cccc(F)c2)C1(C)C. The Morgan fingerprint density at radius 3 is 2.40 bits per heavy atom. The van der Waals surface area contributed by atoms with Crippen LogP contribution in [0.3, 0.4) is 0 Å². The number of benzene rings is 1. The molecule has 106 valence electrons. The summed E-state index contributed by atoms with van der Waals surface area (Å²) < 4.78 is 18.9. The molecule has 4 heteroatoms. The molecule has 0 amide bonds. The first-order valence-corrected chi connectivity index (χ1v) is 6.78. The average Bonchev–Trinajstić information content (AvgIpc) is 2.64. The Bertz CT molecular complexity index is 659.